The van der Waals surface area contributed by atoms with Gasteiger partial charge in [0.1, 0.15) is 5.69 Å². The Hall–Kier alpha value is -1.89. The minimum atomic E-state index is -0.487. The minimum Gasteiger partial charge on any atom is -0.394 e. The Kier molecular flexibility index (Phi) is 4.15. The number of aryl methyl sites for hydroxylation is 1. The third-order valence-corrected chi connectivity index (χ3v) is 5.66. The lowest BCUT2D eigenvalue weighted by Gasteiger charge is -2.39. The van der Waals surface area contributed by atoms with Crippen LogP contribution in [0.15, 0.2) is 12.5 Å². The van der Waals surface area contributed by atoms with E-state index in [1.54, 1.807) is 24.0 Å². The Morgan fingerprint density at radius 3 is 2.46 bits per heavy atom. The molecule has 0 radical (unpaired) electrons. The van der Waals surface area contributed by atoms with Gasteiger partial charge in [-0.25, -0.2) is 4.98 Å². The summed E-state index contributed by atoms with van der Waals surface area (Å²) in [4.78, 5) is 32.3. The molecule has 0 bridgehead atoms. The molecule has 2 saturated heterocycles. The van der Waals surface area contributed by atoms with Crippen molar-refractivity contribution in [2.24, 2.45) is 12.5 Å². The van der Waals surface area contributed by atoms with Crippen LogP contribution in [0.25, 0.3) is 0 Å². The molecule has 3 heterocycles. The normalized spacial score (nSPS) is 26.2. The zero-order valence-corrected chi connectivity index (χ0v) is 14.7. The molecule has 2 amide bonds. The molecule has 24 heavy (non-hydrogen) atoms. The molecule has 7 nitrogen and oxygen atoms in total. The third-order valence-electron chi connectivity index (χ3n) is 5.66. The highest BCUT2D eigenvalue weighted by Gasteiger charge is 2.52. The molecule has 7 heteroatoms. The summed E-state index contributed by atoms with van der Waals surface area (Å²) in [5.74, 6) is -0.0211. The quantitative estimate of drug-likeness (QED) is 0.861. The molecule has 3 rings (SSSR count). The molecule has 2 aliphatic heterocycles. The van der Waals surface area contributed by atoms with E-state index in [1.807, 2.05) is 23.8 Å². The van der Waals surface area contributed by atoms with Crippen molar-refractivity contribution in [2.45, 2.75) is 38.6 Å². The van der Waals surface area contributed by atoms with Crippen LogP contribution < -0.4 is 0 Å². The first-order chi connectivity index (χ1) is 11.3. The maximum Gasteiger partial charge on any atom is 0.274 e. The number of rotatable bonds is 2. The first kappa shape index (κ1) is 17.0. The number of likely N-dealkylation sites (tertiary alicyclic amines) is 2. The number of carbonyl (C=O) groups is 2. The largest absolute Gasteiger partial charge is 0.394 e. The van der Waals surface area contributed by atoms with Gasteiger partial charge < -0.3 is 19.5 Å². The van der Waals surface area contributed by atoms with Crippen molar-refractivity contribution in [3.63, 3.8) is 0 Å². The fraction of sp³-hybridized carbons (Fsp3) is 0.706. The van der Waals surface area contributed by atoms with Gasteiger partial charge in [-0.3, -0.25) is 9.59 Å². The SMILES string of the molecule is CC(=O)N1CC2(CCN(C(=O)c3cn(C)cn3)CC2)CC1(C)CO. The van der Waals surface area contributed by atoms with E-state index in [2.05, 4.69) is 4.98 Å². The molecule has 132 valence electrons. The molecule has 1 spiro atoms. The monoisotopic (exact) mass is 334 g/mol. The molecule has 1 unspecified atom stereocenters. The van der Waals surface area contributed by atoms with Crippen LogP contribution in [0.1, 0.15) is 43.6 Å². The molecule has 2 aliphatic rings. The van der Waals surface area contributed by atoms with Crippen LogP contribution in [0.5, 0.6) is 0 Å². The first-order valence-electron chi connectivity index (χ1n) is 8.45. The number of amides is 2. The van der Waals surface area contributed by atoms with Crippen LogP contribution in [0.4, 0.5) is 0 Å². The number of aliphatic hydroxyl groups is 1. The number of aliphatic hydroxyl groups excluding tert-OH is 1. The van der Waals surface area contributed by atoms with Gasteiger partial charge in [-0.15, -0.1) is 0 Å². The van der Waals surface area contributed by atoms with Crippen molar-refractivity contribution in [3.05, 3.63) is 18.2 Å². The summed E-state index contributed by atoms with van der Waals surface area (Å²) >= 11 is 0. The van der Waals surface area contributed by atoms with Crippen molar-refractivity contribution < 1.29 is 14.7 Å². The zero-order chi connectivity index (χ0) is 17.5. The Morgan fingerprint density at radius 2 is 2.00 bits per heavy atom. The van der Waals surface area contributed by atoms with Gasteiger partial charge in [0, 0.05) is 39.8 Å². The van der Waals surface area contributed by atoms with Gasteiger partial charge in [-0.2, -0.15) is 0 Å². The molecule has 1 atom stereocenters. The smallest absolute Gasteiger partial charge is 0.274 e. The fourth-order valence-corrected chi connectivity index (χ4v) is 4.32. The predicted molar refractivity (Wildman–Crippen MR) is 88.3 cm³/mol. The lowest BCUT2D eigenvalue weighted by atomic mass is 9.74. The van der Waals surface area contributed by atoms with Crippen LogP contribution in [0, 0.1) is 5.41 Å². The number of imidazole rings is 1. The molecule has 2 fully saturated rings. The van der Waals surface area contributed by atoms with Crippen molar-refractivity contribution in [2.75, 3.05) is 26.2 Å². The summed E-state index contributed by atoms with van der Waals surface area (Å²) < 4.78 is 1.77. The van der Waals surface area contributed by atoms with Gasteiger partial charge in [0.25, 0.3) is 5.91 Å². The van der Waals surface area contributed by atoms with E-state index >= 15 is 0 Å². The molecular weight excluding hydrogens is 308 g/mol. The topological polar surface area (TPSA) is 78.7 Å². The first-order valence-corrected chi connectivity index (χ1v) is 8.45. The van der Waals surface area contributed by atoms with Crippen LogP contribution >= 0.6 is 0 Å². The maximum atomic E-state index is 12.5. The van der Waals surface area contributed by atoms with Gasteiger partial charge in [0.05, 0.1) is 18.5 Å². The van der Waals surface area contributed by atoms with Crippen molar-refractivity contribution in [1.29, 1.82) is 0 Å². The van der Waals surface area contributed by atoms with Gasteiger partial charge in [0.2, 0.25) is 5.91 Å². The Balaban J connectivity index is 1.69. The van der Waals surface area contributed by atoms with E-state index in [1.165, 1.54) is 0 Å². The van der Waals surface area contributed by atoms with E-state index in [0.717, 1.165) is 19.3 Å². The van der Waals surface area contributed by atoms with Crippen LogP contribution in [0.3, 0.4) is 0 Å². The van der Waals surface area contributed by atoms with Crippen LogP contribution in [-0.4, -0.2) is 68.1 Å². The summed E-state index contributed by atoms with van der Waals surface area (Å²) in [5.41, 5.74) is -0.00584. The maximum absolute atomic E-state index is 12.5. The molecule has 0 saturated carbocycles. The van der Waals surface area contributed by atoms with Crippen molar-refractivity contribution >= 4 is 11.8 Å². The molecule has 0 aliphatic carbocycles. The summed E-state index contributed by atoms with van der Waals surface area (Å²) in [6, 6.07) is 0. The number of hydrogen-bond donors (Lipinski definition) is 1. The summed E-state index contributed by atoms with van der Waals surface area (Å²) in [6.07, 6.45) is 5.87. The average Bonchev–Trinajstić information content (AvgIpc) is 3.10. The second kappa shape index (κ2) is 5.88. The highest BCUT2D eigenvalue weighted by Crippen LogP contribution is 2.48. The Labute approximate surface area is 142 Å². The van der Waals surface area contributed by atoms with Gasteiger partial charge in [0.15, 0.2) is 0 Å². The summed E-state index contributed by atoms with van der Waals surface area (Å²) in [6.45, 7) is 5.50. The van der Waals surface area contributed by atoms with Crippen molar-refractivity contribution in [3.8, 4) is 0 Å². The van der Waals surface area contributed by atoms with E-state index < -0.39 is 5.54 Å². The van der Waals surface area contributed by atoms with E-state index in [0.29, 0.717) is 25.3 Å². The highest BCUT2D eigenvalue weighted by molar-refractivity contribution is 5.92. The number of aromatic nitrogens is 2. The van der Waals surface area contributed by atoms with E-state index in [4.69, 9.17) is 0 Å². The Bertz CT molecular complexity index is 648. The number of nitrogens with zero attached hydrogens (tertiary/aromatic N) is 4. The lowest BCUT2D eigenvalue weighted by Crippen LogP contribution is -2.46. The Morgan fingerprint density at radius 1 is 1.33 bits per heavy atom. The number of hydrogen-bond acceptors (Lipinski definition) is 4. The van der Waals surface area contributed by atoms with Gasteiger partial charge in [-0.1, -0.05) is 0 Å². The summed E-state index contributed by atoms with van der Waals surface area (Å²) in [5, 5.41) is 9.78. The average molecular weight is 334 g/mol. The fourth-order valence-electron chi connectivity index (χ4n) is 4.32. The molecule has 1 aromatic rings. The van der Waals surface area contributed by atoms with Gasteiger partial charge >= 0.3 is 0 Å². The second-order valence-corrected chi connectivity index (χ2v) is 7.65. The predicted octanol–water partition coefficient (Wildman–Crippen LogP) is 0.646. The second-order valence-electron chi connectivity index (χ2n) is 7.65. The standard InChI is InChI=1S/C17H26N4O3/c1-13(23)21-10-17(9-16(21,2)11-22)4-6-20(7-5-17)15(24)14-8-19(3)12-18-14/h8,12,22H,4-7,9-11H2,1-3H3. The lowest BCUT2D eigenvalue weighted by molar-refractivity contribution is -0.134. The highest BCUT2D eigenvalue weighted by atomic mass is 16.3. The third kappa shape index (κ3) is 2.81. The molecule has 1 aromatic heterocycles. The van der Waals surface area contributed by atoms with E-state index in [9.17, 15) is 14.7 Å². The molecule has 0 aromatic carbocycles. The van der Waals surface area contributed by atoms with Gasteiger partial charge in [-0.05, 0) is 31.6 Å². The molecular formula is C17H26N4O3. The van der Waals surface area contributed by atoms with Crippen molar-refractivity contribution in [1.82, 2.24) is 19.4 Å². The van der Waals surface area contributed by atoms with Crippen LogP contribution in [-0.2, 0) is 11.8 Å². The zero-order valence-electron chi connectivity index (χ0n) is 14.7. The number of piperidine rings is 1. The molecule has 1 N–H and O–H groups in total. The van der Waals surface area contributed by atoms with Crippen LogP contribution in [0.2, 0.25) is 0 Å². The summed E-state index contributed by atoms with van der Waals surface area (Å²) in [7, 11) is 1.85. The minimum absolute atomic E-state index is 0.00401. The number of carbonyl (C=O) groups excluding carboxylic acids is 2. The van der Waals surface area contributed by atoms with E-state index in [-0.39, 0.29) is 23.8 Å².